The molecule has 2 aliphatic rings. The highest BCUT2D eigenvalue weighted by atomic mass is 16.2. The number of amides is 2. The molecule has 2 fully saturated rings. The number of hydrogen-bond donors (Lipinski definition) is 0. The molecule has 0 aromatic heterocycles. The summed E-state index contributed by atoms with van der Waals surface area (Å²) in [5.41, 5.74) is 0.955. The molecule has 0 unspecified atom stereocenters. The van der Waals surface area contributed by atoms with E-state index >= 15 is 0 Å². The van der Waals surface area contributed by atoms with Crippen LogP contribution in [0, 0.1) is 0 Å². The van der Waals surface area contributed by atoms with Gasteiger partial charge in [0.25, 0.3) is 0 Å². The van der Waals surface area contributed by atoms with Crippen LogP contribution in [-0.4, -0.2) is 85.4 Å². The van der Waals surface area contributed by atoms with Crippen LogP contribution in [0.2, 0.25) is 0 Å². The van der Waals surface area contributed by atoms with E-state index in [0.29, 0.717) is 19.6 Å². The first-order valence-electron chi connectivity index (χ1n) is 10.8. The molecule has 2 saturated heterocycles. The summed E-state index contributed by atoms with van der Waals surface area (Å²) in [5.74, 6) is 0.412. The maximum Gasteiger partial charge on any atom is 0.241 e. The Morgan fingerprint density at radius 2 is 1.39 bits per heavy atom. The topological polar surface area (TPSA) is 47.1 Å². The Bertz CT molecular complexity index is 621. The summed E-state index contributed by atoms with van der Waals surface area (Å²) >= 11 is 0. The van der Waals surface area contributed by atoms with Crippen LogP contribution in [0.4, 0.5) is 5.69 Å². The van der Waals surface area contributed by atoms with E-state index in [1.165, 1.54) is 12.8 Å². The molecule has 0 radical (unpaired) electrons. The van der Waals surface area contributed by atoms with Gasteiger partial charge in [0.2, 0.25) is 11.8 Å². The third-order valence-corrected chi connectivity index (χ3v) is 5.83. The van der Waals surface area contributed by atoms with E-state index in [4.69, 9.17) is 0 Å². The van der Waals surface area contributed by atoms with Crippen molar-refractivity contribution in [2.24, 2.45) is 0 Å². The Morgan fingerprint density at radius 3 is 1.96 bits per heavy atom. The van der Waals surface area contributed by atoms with E-state index in [1.807, 2.05) is 47.1 Å². The van der Waals surface area contributed by atoms with Gasteiger partial charge >= 0.3 is 0 Å². The molecule has 0 N–H and O–H groups in total. The molecule has 0 aliphatic carbocycles. The number of carbonyl (C=O) groups excluding carboxylic acids is 2. The van der Waals surface area contributed by atoms with Crippen molar-refractivity contribution in [3.8, 4) is 0 Å². The SMILES string of the molecule is CCN(C(=O)CN1CCN(CC(=O)N2CCCCCC2)CC1)c1ccccc1. The molecule has 2 aliphatic heterocycles. The van der Waals surface area contributed by atoms with Crippen LogP contribution in [0.15, 0.2) is 30.3 Å². The van der Waals surface area contributed by atoms with Gasteiger partial charge in [0, 0.05) is 51.5 Å². The van der Waals surface area contributed by atoms with E-state index in [0.717, 1.165) is 57.8 Å². The molecule has 6 heteroatoms. The lowest BCUT2D eigenvalue weighted by Crippen LogP contribution is -2.52. The molecular weight excluding hydrogens is 352 g/mol. The fraction of sp³-hybridized carbons (Fsp3) is 0.636. The first-order chi connectivity index (χ1) is 13.7. The van der Waals surface area contributed by atoms with E-state index in [2.05, 4.69) is 9.80 Å². The highest BCUT2D eigenvalue weighted by Crippen LogP contribution is 2.14. The van der Waals surface area contributed by atoms with Gasteiger partial charge in [0.05, 0.1) is 13.1 Å². The van der Waals surface area contributed by atoms with Crippen molar-refractivity contribution >= 4 is 17.5 Å². The lowest BCUT2D eigenvalue weighted by molar-refractivity contribution is -0.133. The van der Waals surface area contributed by atoms with Crippen LogP contribution >= 0.6 is 0 Å². The zero-order chi connectivity index (χ0) is 19.8. The number of piperazine rings is 1. The van der Waals surface area contributed by atoms with Gasteiger partial charge in [-0.3, -0.25) is 19.4 Å². The zero-order valence-electron chi connectivity index (χ0n) is 17.2. The zero-order valence-corrected chi connectivity index (χ0v) is 17.2. The average molecular weight is 387 g/mol. The van der Waals surface area contributed by atoms with Crippen molar-refractivity contribution in [3.63, 3.8) is 0 Å². The van der Waals surface area contributed by atoms with Gasteiger partial charge < -0.3 is 9.80 Å². The molecule has 1 aromatic rings. The van der Waals surface area contributed by atoms with E-state index < -0.39 is 0 Å². The molecule has 2 amide bonds. The summed E-state index contributed by atoms with van der Waals surface area (Å²) in [6, 6.07) is 9.85. The van der Waals surface area contributed by atoms with Crippen molar-refractivity contribution < 1.29 is 9.59 Å². The third-order valence-electron chi connectivity index (χ3n) is 5.83. The predicted octanol–water partition coefficient (Wildman–Crippen LogP) is 2.06. The minimum absolute atomic E-state index is 0.141. The number of para-hydroxylation sites is 1. The van der Waals surface area contributed by atoms with Crippen LogP contribution in [-0.2, 0) is 9.59 Å². The van der Waals surface area contributed by atoms with Gasteiger partial charge in [-0.05, 0) is 31.9 Å². The summed E-state index contributed by atoms with van der Waals surface area (Å²) in [5, 5.41) is 0. The Hall–Kier alpha value is -1.92. The van der Waals surface area contributed by atoms with Crippen molar-refractivity contribution in [2.45, 2.75) is 32.6 Å². The molecule has 0 atom stereocenters. The minimum Gasteiger partial charge on any atom is -0.342 e. The minimum atomic E-state index is 0.141. The van der Waals surface area contributed by atoms with E-state index in [1.54, 1.807) is 0 Å². The second-order valence-corrected chi connectivity index (χ2v) is 7.82. The Kier molecular flexibility index (Phi) is 7.86. The van der Waals surface area contributed by atoms with Gasteiger partial charge in [-0.1, -0.05) is 31.0 Å². The first kappa shape index (κ1) is 20.8. The fourth-order valence-electron chi connectivity index (χ4n) is 4.10. The van der Waals surface area contributed by atoms with Crippen LogP contribution in [0.3, 0.4) is 0 Å². The number of carbonyl (C=O) groups is 2. The van der Waals surface area contributed by atoms with Crippen LogP contribution in [0.25, 0.3) is 0 Å². The molecular formula is C22H34N4O2. The van der Waals surface area contributed by atoms with Crippen LogP contribution in [0.1, 0.15) is 32.6 Å². The van der Waals surface area contributed by atoms with Crippen molar-refractivity contribution in [1.82, 2.24) is 14.7 Å². The molecule has 0 bridgehead atoms. The lowest BCUT2D eigenvalue weighted by atomic mass is 10.2. The monoisotopic (exact) mass is 386 g/mol. The first-order valence-corrected chi connectivity index (χ1v) is 10.8. The quantitative estimate of drug-likeness (QED) is 0.751. The Morgan fingerprint density at radius 1 is 0.821 bits per heavy atom. The van der Waals surface area contributed by atoms with E-state index in [-0.39, 0.29) is 11.8 Å². The van der Waals surface area contributed by atoms with Crippen LogP contribution in [0.5, 0.6) is 0 Å². The fourth-order valence-corrected chi connectivity index (χ4v) is 4.10. The van der Waals surface area contributed by atoms with Gasteiger partial charge in [-0.2, -0.15) is 0 Å². The molecule has 1 aromatic carbocycles. The molecule has 154 valence electrons. The lowest BCUT2D eigenvalue weighted by Gasteiger charge is -2.35. The second kappa shape index (κ2) is 10.6. The normalized spacial score (nSPS) is 19.2. The number of hydrogen-bond acceptors (Lipinski definition) is 4. The van der Waals surface area contributed by atoms with Crippen molar-refractivity contribution in [1.29, 1.82) is 0 Å². The number of anilines is 1. The number of likely N-dealkylation sites (N-methyl/N-ethyl adjacent to an activating group) is 1. The highest BCUT2D eigenvalue weighted by Gasteiger charge is 2.24. The summed E-state index contributed by atoms with van der Waals surface area (Å²) in [6.45, 7) is 8.86. The van der Waals surface area contributed by atoms with Crippen LogP contribution < -0.4 is 4.90 Å². The molecule has 3 rings (SSSR count). The van der Waals surface area contributed by atoms with Crippen molar-refractivity contribution in [3.05, 3.63) is 30.3 Å². The predicted molar refractivity (Wildman–Crippen MR) is 112 cm³/mol. The van der Waals surface area contributed by atoms with E-state index in [9.17, 15) is 9.59 Å². The maximum atomic E-state index is 12.8. The summed E-state index contributed by atoms with van der Waals surface area (Å²) in [6.07, 6.45) is 4.76. The smallest absolute Gasteiger partial charge is 0.241 e. The average Bonchev–Trinajstić information content (AvgIpc) is 3.00. The summed E-state index contributed by atoms with van der Waals surface area (Å²) in [7, 11) is 0. The molecule has 6 nitrogen and oxygen atoms in total. The van der Waals surface area contributed by atoms with Gasteiger partial charge in [-0.15, -0.1) is 0 Å². The number of likely N-dealkylation sites (tertiary alicyclic amines) is 1. The highest BCUT2D eigenvalue weighted by molar-refractivity contribution is 5.94. The maximum absolute atomic E-state index is 12.8. The summed E-state index contributed by atoms with van der Waals surface area (Å²) in [4.78, 5) is 33.7. The summed E-state index contributed by atoms with van der Waals surface area (Å²) < 4.78 is 0. The molecule has 28 heavy (non-hydrogen) atoms. The number of nitrogens with zero attached hydrogens (tertiary/aromatic N) is 4. The number of benzene rings is 1. The molecule has 0 saturated carbocycles. The third kappa shape index (κ3) is 5.79. The second-order valence-electron chi connectivity index (χ2n) is 7.82. The standard InChI is InChI=1S/C22H34N4O2/c1-2-26(20-10-6-5-7-11-20)22(28)19-24-16-14-23(15-17-24)18-21(27)25-12-8-3-4-9-13-25/h5-7,10-11H,2-4,8-9,12-19H2,1H3. The molecule has 0 spiro atoms. The van der Waals surface area contributed by atoms with Crippen molar-refractivity contribution in [2.75, 3.05) is 63.8 Å². The largest absolute Gasteiger partial charge is 0.342 e. The Labute approximate surface area is 169 Å². The van der Waals surface area contributed by atoms with Gasteiger partial charge in [0.15, 0.2) is 0 Å². The number of rotatable bonds is 6. The van der Waals surface area contributed by atoms with Gasteiger partial charge in [-0.25, -0.2) is 0 Å². The molecule has 2 heterocycles. The Balaban J connectivity index is 1.43. The van der Waals surface area contributed by atoms with Gasteiger partial charge in [0.1, 0.15) is 0 Å².